The number of fused-ring (bicyclic) bond motifs is 3. The van der Waals surface area contributed by atoms with Crippen molar-refractivity contribution in [1.82, 2.24) is 5.32 Å². The van der Waals surface area contributed by atoms with Crippen LogP contribution >= 0.6 is 0 Å². The molecule has 188 valence electrons. The third-order valence-electron chi connectivity index (χ3n) is 5.48. The van der Waals surface area contributed by atoms with Gasteiger partial charge in [0.25, 0.3) is 0 Å². The zero-order chi connectivity index (χ0) is 25.1. The Bertz CT molecular complexity index is 971. The first kappa shape index (κ1) is 26.5. The zero-order valence-electron chi connectivity index (χ0n) is 20.6. The molecule has 0 saturated carbocycles. The fourth-order valence-corrected chi connectivity index (χ4v) is 3.93. The van der Waals surface area contributed by atoms with Crippen LogP contribution in [0.15, 0.2) is 53.6 Å². The highest BCUT2D eigenvalue weighted by atomic mass is 16.6. The maximum atomic E-state index is 12.5. The van der Waals surface area contributed by atoms with Crippen LogP contribution in [0.4, 0.5) is 4.79 Å². The Balaban J connectivity index is 1.43. The first-order valence-electron chi connectivity index (χ1n) is 11.8. The summed E-state index contributed by atoms with van der Waals surface area (Å²) in [6.07, 6.45) is -0.579. The number of rotatable bonds is 13. The van der Waals surface area contributed by atoms with Gasteiger partial charge in [-0.15, -0.1) is 0 Å². The molecule has 35 heavy (non-hydrogen) atoms. The van der Waals surface area contributed by atoms with Gasteiger partial charge in [-0.1, -0.05) is 53.6 Å². The predicted molar refractivity (Wildman–Crippen MR) is 133 cm³/mol. The van der Waals surface area contributed by atoms with Gasteiger partial charge in [-0.3, -0.25) is 0 Å². The van der Waals surface area contributed by atoms with Crippen LogP contribution in [0.1, 0.15) is 37.8 Å². The molecule has 2 aromatic rings. The molecule has 1 aliphatic rings. The van der Waals surface area contributed by atoms with Crippen molar-refractivity contribution in [2.45, 2.75) is 38.3 Å². The summed E-state index contributed by atoms with van der Waals surface area (Å²) in [6.45, 7) is 8.12. The molecule has 0 unspecified atom stereocenters. The van der Waals surface area contributed by atoms with Crippen molar-refractivity contribution in [3.05, 3.63) is 70.1 Å². The second-order valence-electron chi connectivity index (χ2n) is 9.23. The number of nitrogens with zero attached hydrogens (tertiary/aromatic N) is 3. The number of hydrogen-bond donors (Lipinski definition) is 1. The molecule has 0 bridgehead atoms. The first-order chi connectivity index (χ1) is 16.9. The van der Waals surface area contributed by atoms with Crippen molar-refractivity contribution in [2.24, 2.45) is 5.11 Å². The van der Waals surface area contributed by atoms with E-state index >= 15 is 0 Å². The van der Waals surface area contributed by atoms with Crippen LogP contribution in [0.5, 0.6) is 0 Å². The summed E-state index contributed by atoms with van der Waals surface area (Å²) in [5.41, 5.74) is 13.1. The topological polar surface area (TPSA) is 115 Å². The van der Waals surface area contributed by atoms with Gasteiger partial charge in [0.15, 0.2) is 0 Å². The second kappa shape index (κ2) is 13.1. The van der Waals surface area contributed by atoms with E-state index < -0.39 is 12.1 Å². The van der Waals surface area contributed by atoms with E-state index in [1.165, 1.54) is 11.1 Å². The number of azide groups is 1. The predicted octanol–water partition coefficient (Wildman–Crippen LogP) is 5.05. The highest BCUT2D eigenvalue weighted by Gasteiger charge is 2.29. The average Bonchev–Trinajstić information content (AvgIpc) is 3.15. The van der Waals surface area contributed by atoms with Gasteiger partial charge in [0.1, 0.15) is 6.61 Å². The van der Waals surface area contributed by atoms with E-state index in [4.69, 9.17) is 24.5 Å². The Morgan fingerprint density at radius 1 is 1.00 bits per heavy atom. The van der Waals surface area contributed by atoms with Crippen LogP contribution in [0, 0.1) is 0 Å². The molecule has 1 atom stereocenters. The second-order valence-corrected chi connectivity index (χ2v) is 9.23. The molecule has 0 spiro atoms. The molecule has 0 fully saturated rings. The number of amides is 1. The molecule has 0 saturated heterocycles. The highest BCUT2D eigenvalue weighted by molar-refractivity contribution is 5.79. The van der Waals surface area contributed by atoms with Crippen LogP contribution in [0.2, 0.25) is 0 Å². The van der Waals surface area contributed by atoms with Gasteiger partial charge in [-0.2, -0.15) is 0 Å². The normalized spacial score (nSPS) is 13.5. The lowest BCUT2D eigenvalue weighted by Crippen LogP contribution is -2.41. The molecule has 0 aromatic heterocycles. The summed E-state index contributed by atoms with van der Waals surface area (Å²) in [4.78, 5) is 15.3. The summed E-state index contributed by atoms with van der Waals surface area (Å²) in [7, 11) is 0. The highest BCUT2D eigenvalue weighted by Crippen LogP contribution is 2.44. The smallest absolute Gasteiger partial charge is 0.407 e. The van der Waals surface area contributed by atoms with Crippen molar-refractivity contribution in [2.75, 3.05) is 46.2 Å². The molecule has 3 rings (SSSR count). The molecule has 1 N–H and O–H groups in total. The molecular formula is C26H34N4O5. The van der Waals surface area contributed by atoms with Crippen LogP contribution in [0.25, 0.3) is 21.6 Å². The van der Waals surface area contributed by atoms with Gasteiger partial charge in [0.05, 0.1) is 44.7 Å². The number of hydrogen-bond acceptors (Lipinski definition) is 6. The summed E-state index contributed by atoms with van der Waals surface area (Å²) in [5.74, 6) is -0.0283. The van der Waals surface area contributed by atoms with Gasteiger partial charge in [-0.25, -0.2) is 4.79 Å². The summed E-state index contributed by atoms with van der Waals surface area (Å²) in [6, 6.07) is 15.8. The van der Waals surface area contributed by atoms with Crippen molar-refractivity contribution in [3.8, 4) is 11.1 Å². The Morgan fingerprint density at radius 3 is 2.23 bits per heavy atom. The summed E-state index contributed by atoms with van der Waals surface area (Å²) in [5, 5.41) is 6.31. The summed E-state index contributed by atoms with van der Waals surface area (Å²) >= 11 is 0. The number of carbonyl (C=O) groups is 1. The largest absolute Gasteiger partial charge is 0.449 e. The van der Waals surface area contributed by atoms with Crippen molar-refractivity contribution >= 4 is 6.09 Å². The maximum absolute atomic E-state index is 12.5. The molecule has 2 aromatic carbocycles. The molecule has 0 radical (unpaired) electrons. The van der Waals surface area contributed by atoms with Crippen molar-refractivity contribution < 1.29 is 23.7 Å². The fraction of sp³-hybridized carbons (Fsp3) is 0.500. The fourth-order valence-electron chi connectivity index (χ4n) is 3.93. The van der Waals surface area contributed by atoms with E-state index in [-0.39, 0.29) is 31.3 Å². The maximum Gasteiger partial charge on any atom is 0.407 e. The minimum absolute atomic E-state index is 0.0283. The lowest BCUT2D eigenvalue weighted by Gasteiger charge is -2.20. The van der Waals surface area contributed by atoms with Crippen LogP contribution in [-0.4, -0.2) is 63.9 Å². The van der Waals surface area contributed by atoms with Gasteiger partial charge >= 0.3 is 6.09 Å². The molecule has 1 amide bonds. The average molecular weight is 483 g/mol. The quantitative estimate of drug-likeness (QED) is 0.186. The Labute approximate surface area is 206 Å². The van der Waals surface area contributed by atoms with Gasteiger partial charge in [0, 0.05) is 17.4 Å². The molecule has 0 aliphatic heterocycles. The van der Waals surface area contributed by atoms with Gasteiger partial charge in [-0.05, 0) is 48.6 Å². The van der Waals surface area contributed by atoms with Crippen molar-refractivity contribution in [1.29, 1.82) is 0 Å². The van der Waals surface area contributed by atoms with E-state index in [0.717, 1.165) is 11.1 Å². The molecule has 9 nitrogen and oxygen atoms in total. The number of carbonyl (C=O) groups excluding carboxylic acids is 1. The van der Waals surface area contributed by atoms with E-state index in [2.05, 4.69) is 39.6 Å². The number of ether oxygens (including phenoxy) is 4. The molecular weight excluding hydrogens is 448 g/mol. The molecule has 0 heterocycles. The number of nitrogens with one attached hydrogen (secondary N) is 1. The third-order valence-corrected chi connectivity index (χ3v) is 5.48. The number of benzene rings is 2. The number of alkyl carbamates (subject to hydrolysis) is 1. The lowest BCUT2D eigenvalue weighted by atomic mass is 9.98. The Kier molecular flexibility index (Phi) is 9.93. The van der Waals surface area contributed by atoms with Gasteiger partial charge < -0.3 is 24.3 Å². The van der Waals surface area contributed by atoms with E-state index in [0.29, 0.717) is 26.4 Å². The standard InChI is InChI=1S/C26H34N4O5/c1-26(2,3)35-15-14-32-12-13-33-17-19(16-28-30-27)29-25(31)34-18-24-22-10-6-4-8-20(22)21-9-5-7-11-23(21)24/h4-11,19,24H,12-18H2,1-3H3,(H,29,31)/t19-/m1/s1. The van der Waals surface area contributed by atoms with E-state index in [1.54, 1.807) is 0 Å². The summed E-state index contributed by atoms with van der Waals surface area (Å²) < 4.78 is 22.2. The Morgan fingerprint density at radius 2 is 1.60 bits per heavy atom. The third kappa shape index (κ3) is 8.26. The SMILES string of the molecule is CC(C)(C)OCCOCCOC[C@@H](CN=[N+]=[N-])NC(=O)OCC1c2ccccc2-c2ccccc21. The first-order valence-corrected chi connectivity index (χ1v) is 11.8. The van der Waals surface area contributed by atoms with E-state index in [9.17, 15) is 4.79 Å². The van der Waals surface area contributed by atoms with Crippen LogP contribution in [0.3, 0.4) is 0 Å². The molecule has 1 aliphatic carbocycles. The van der Waals surface area contributed by atoms with E-state index in [1.807, 2.05) is 45.0 Å². The van der Waals surface area contributed by atoms with Crippen molar-refractivity contribution in [3.63, 3.8) is 0 Å². The monoisotopic (exact) mass is 482 g/mol. The molecule has 9 heteroatoms. The van der Waals surface area contributed by atoms with Crippen LogP contribution in [-0.2, 0) is 18.9 Å². The minimum Gasteiger partial charge on any atom is -0.449 e. The van der Waals surface area contributed by atoms with Gasteiger partial charge in [0.2, 0.25) is 0 Å². The van der Waals surface area contributed by atoms with Crippen LogP contribution < -0.4 is 5.32 Å². The zero-order valence-corrected chi connectivity index (χ0v) is 20.6. The minimum atomic E-state index is -0.579. The Hall–Kier alpha value is -3.10. The lowest BCUT2D eigenvalue weighted by molar-refractivity contribution is -0.0431.